The first kappa shape index (κ1) is 43.9. The molecule has 0 unspecified atom stereocenters. The van der Waals surface area contributed by atoms with Gasteiger partial charge in [0.25, 0.3) is 6.33 Å². The van der Waals surface area contributed by atoms with Crippen molar-refractivity contribution in [3.8, 4) is 62.1 Å². The first-order valence-electron chi connectivity index (χ1n) is 24.0. The van der Waals surface area contributed by atoms with E-state index < -0.39 is 0 Å². The Labute approximate surface area is 424 Å². The van der Waals surface area contributed by atoms with Gasteiger partial charge in [-0.2, -0.15) is 18.2 Å². The van der Waals surface area contributed by atoms with E-state index in [0.717, 1.165) is 61.2 Å². The minimum absolute atomic E-state index is 0. The first-order valence-corrected chi connectivity index (χ1v) is 24.0. The van der Waals surface area contributed by atoms with Crippen molar-refractivity contribution < 1.29 is 30.4 Å². The van der Waals surface area contributed by atoms with E-state index in [9.17, 15) is 0 Å². The monoisotopic (exact) mass is 1090 g/mol. The predicted octanol–water partition coefficient (Wildman–Crippen LogP) is 15.2. The molecule has 344 valence electrons. The van der Waals surface area contributed by atoms with Gasteiger partial charge < -0.3 is 13.9 Å². The summed E-state index contributed by atoms with van der Waals surface area (Å²) >= 11 is 0. The number of nitrogens with zero attached hydrogens (tertiary/aromatic N) is 4. The van der Waals surface area contributed by atoms with Crippen LogP contribution in [0, 0.1) is 18.5 Å². The molecular formula is C64H50N4OPt-2. The Morgan fingerprint density at radius 1 is 0.529 bits per heavy atom. The quantitative estimate of drug-likeness (QED) is 0.130. The molecule has 70 heavy (non-hydrogen) atoms. The van der Waals surface area contributed by atoms with Crippen LogP contribution in [0.1, 0.15) is 76.3 Å². The van der Waals surface area contributed by atoms with Gasteiger partial charge in [0.15, 0.2) is 0 Å². The first-order chi connectivity index (χ1) is 33.4. The van der Waals surface area contributed by atoms with Crippen molar-refractivity contribution in [3.05, 3.63) is 222 Å². The summed E-state index contributed by atoms with van der Waals surface area (Å²) in [5.74, 6) is 2.02. The van der Waals surface area contributed by atoms with E-state index in [1.54, 1.807) is 0 Å². The third kappa shape index (κ3) is 6.54. The van der Waals surface area contributed by atoms with Gasteiger partial charge in [-0.15, -0.1) is 29.7 Å². The molecular weight excluding hydrogens is 1040 g/mol. The van der Waals surface area contributed by atoms with Crippen LogP contribution in [-0.2, 0) is 37.3 Å². The number of benzene rings is 8. The van der Waals surface area contributed by atoms with Crippen molar-refractivity contribution in [2.24, 2.45) is 0 Å². The second kappa shape index (κ2) is 15.8. The molecule has 0 bridgehead atoms. The summed E-state index contributed by atoms with van der Waals surface area (Å²) in [6.45, 7) is 16.2. The fourth-order valence-corrected chi connectivity index (χ4v) is 11.4. The molecule has 0 saturated heterocycles. The maximum atomic E-state index is 6.71. The second-order valence-corrected chi connectivity index (χ2v) is 20.8. The molecule has 8 aromatic carbocycles. The molecule has 1 aliphatic heterocycles. The van der Waals surface area contributed by atoms with Gasteiger partial charge in [0.05, 0.1) is 16.7 Å². The van der Waals surface area contributed by atoms with Crippen molar-refractivity contribution in [2.75, 3.05) is 0 Å². The number of imidazole rings is 1. The largest absolute Gasteiger partial charge is 0.510 e. The number of para-hydroxylation sites is 3. The average Bonchev–Trinajstić information content (AvgIpc) is 3.92. The van der Waals surface area contributed by atoms with Crippen molar-refractivity contribution in [3.63, 3.8) is 0 Å². The molecule has 0 fully saturated rings. The van der Waals surface area contributed by atoms with Crippen LogP contribution < -0.4 is 9.30 Å². The minimum Gasteiger partial charge on any atom is -0.510 e. The van der Waals surface area contributed by atoms with Crippen LogP contribution in [0.4, 0.5) is 0 Å². The number of aromatic nitrogens is 4. The Balaban J connectivity index is 0.00000505. The Morgan fingerprint density at radius 2 is 1.13 bits per heavy atom. The van der Waals surface area contributed by atoms with E-state index in [2.05, 4.69) is 232 Å². The Hall–Kier alpha value is -7.33. The van der Waals surface area contributed by atoms with Crippen LogP contribution in [0.25, 0.3) is 83.4 Å². The van der Waals surface area contributed by atoms with Crippen molar-refractivity contribution in [1.29, 1.82) is 0 Å². The summed E-state index contributed by atoms with van der Waals surface area (Å²) in [4.78, 5) is 4.88. The van der Waals surface area contributed by atoms with E-state index in [-0.39, 0.29) is 37.3 Å². The molecule has 0 amide bonds. The van der Waals surface area contributed by atoms with Gasteiger partial charge >= 0.3 is 0 Å². The number of rotatable bonds is 4. The Morgan fingerprint density at radius 3 is 1.87 bits per heavy atom. The number of ether oxygens (including phenoxy) is 1. The molecule has 11 aromatic rings. The summed E-state index contributed by atoms with van der Waals surface area (Å²) in [6.07, 6.45) is 5.77. The van der Waals surface area contributed by atoms with E-state index >= 15 is 0 Å². The zero-order valence-electron chi connectivity index (χ0n) is 40.3. The van der Waals surface area contributed by atoms with Crippen LogP contribution >= 0.6 is 0 Å². The van der Waals surface area contributed by atoms with Crippen LogP contribution in [0.5, 0.6) is 11.5 Å². The number of fused-ring (bicyclic) bond motifs is 12. The van der Waals surface area contributed by atoms with Crippen LogP contribution in [0.15, 0.2) is 176 Å². The number of hydrogen-bond donors (Lipinski definition) is 0. The summed E-state index contributed by atoms with van der Waals surface area (Å²) in [5.41, 5.74) is 19.3. The van der Waals surface area contributed by atoms with Gasteiger partial charge in [0.2, 0.25) is 0 Å². The third-order valence-electron chi connectivity index (χ3n) is 15.0. The number of pyridine rings is 1. The molecule has 0 spiro atoms. The summed E-state index contributed by atoms with van der Waals surface area (Å²) < 4.78 is 13.3. The maximum absolute atomic E-state index is 6.71. The predicted molar refractivity (Wildman–Crippen MR) is 279 cm³/mol. The molecule has 0 saturated carbocycles. The van der Waals surface area contributed by atoms with Gasteiger partial charge in [-0.1, -0.05) is 157 Å². The Bertz CT molecular complexity index is 3940. The van der Waals surface area contributed by atoms with E-state index in [1.165, 1.54) is 50.1 Å². The smallest absolute Gasteiger partial charge is 0.268 e. The van der Waals surface area contributed by atoms with Crippen molar-refractivity contribution in [2.45, 2.75) is 64.7 Å². The second-order valence-electron chi connectivity index (χ2n) is 20.8. The third-order valence-corrected chi connectivity index (χ3v) is 15.0. The van der Waals surface area contributed by atoms with Gasteiger partial charge in [-0.3, -0.25) is 4.57 Å². The van der Waals surface area contributed by atoms with Crippen LogP contribution in [0.3, 0.4) is 0 Å². The molecule has 1 aliphatic carbocycles. The van der Waals surface area contributed by atoms with Crippen molar-refractivity contribution in [1.82, 2.24) is 14.1 Å². The molecule has 0 radical (unpaired) electrons. The van der Waals surface area contributed by atoms with E-state index in [0.29, 0.717) is 11.5 Å². The maximum Gasteiger partial charge on any atom is 0.268 e. The zero-order valence-corrected chi connectivity index (χ0v) is 42.5. The fourth-order valence-electron chi connectivity index (χ4n) is 11.4. The summed E-state index contributed by atoms with van der Waals surface area (Å²) in [6, 6.07) is 68.6. The SMILES string of the molecule is CC(C)(C)c1ccnc(-n2c3[c-]c(Oc4[c-]c(-n5[c-][n+]6c7c(cccc75)-c5ccccc5-c5cc7c(cc5-c5ccccc5-6)C(C)(C)c5ccccc5C7(C)C)ccc4)ccc3c3ccccc32)c1.[Pt]. The van der Waals surface area contributed by atoms with Gasteiger partial charge in [-0.05, 0) is 114 Å². The average molecular weight is 1090 g/mol. The van der Waals surface area contributed by atoms with Crippen LogP contribution in [-0.4, -0.2) is 14.1 Å². The fraction of sp³-hybridized carbons (Fsp3) is 0.156. The minimum atomic E-state index is -0.206. The van der Waals surface area contributed by atoms with Gasteiger partial charge in [0.1, 0.15) is 5.82 Å². The molecule has 5 nitrogen and oxygen atoms in total. The standard InChI is InChI=1S/C64H50N4O.Pt/c1-62(2,3)40-32-33-65-60(34-40)68-57-28-15-11-22-46(57)48-31-30-43(36-59(48)68)69-42-19-16-18-41(35-42)66-39-67-56-27-14-10-23-47(56)51-38-55-54(63(4,5)52-25-12-13-26-53(52)64(55,6)7)37-50(51)45-21-9-8-20-44(45)49-24-17-29-58(66)61(49)67;/h8-34,37-38H,1-7H3;/q-2;. The van der Waals surface area contributed by atoms with Gasteiger partial charge in [-0.25, -0.2) is 4.98 Å². The molecule has 2 aliphatic rings. The van der Waals surface area contributed by atoms with E-state index in [4.69, 9.17) is 9.72 Å². The molecule has 3 aromatic heterocycles. The van der Waals surface area contributed by atoms with Crippen LogP contribution in [0.2, 0.25) is 0 Å². The topological polar surface area (TPSA) is 35.9 Å². The summed E-state index contributed by atoms with van der Waals surface area (Å²) in [7, 11) is 0. The Kier molecular flexibility index (Phi) is 9.94. The van der Waals surface area contributed by atoms with Crippen molar-refractivity contribution >= 4 is 32.8 Å². The molecule has 13 rings (SSSR count). The molecule has 4 heterocycles. The zero-order chi connectivity index (χ0) is 47.0. The molecule has 6 heteroatoms. The molecule has 0 atom stereocenters. The number of hydrogen-bond acceptors (Lipinski definition) is 2. The van der Waals surface area contributed by atoms with E-state index in [1.807, 2.05) is 24.4 Å². The molecule has 0 N–H and O–H groups in total. The normalized spacial score (nSPS) is 14.0. The van der Waals surface area contributed by atoms with Gasteiger partial charge in [0, 0.05) is 55.1 Å². The summed E-state index contributed by atoms with van der Waals surface area (Å²) in [5, 5.41) is 2.22.